The lowest BCUT2D eigenvalue weighted by Gasteiger charge is -2.34. The molecule has 0 amide bonds. The van der Waals surface area contributed by atoms with Crippen molar-refractivity contribution >= 4 is 11.9 Å². The molecule has 2 aliphatic rings. The first-order valence-corrected chi connectivity index (χ1v) is 10.6. The number of hydrogen-bond donors (Lipinski definition) is 0. The highest BCUT2D eigenvalue weighted by atomic mass is 16.5. The van der Waals surface area contributed by atoms with Crippen molar-refractivity contribution in [3.8, 4) is 17.9 Å². The quantitative estimate of drug-likeness (QED) is 0.564. The van der Waals surface area contributed by atoms with Crippen LogP contribution < -0.4 is 4.74 Å². The third kappa shape index (κ3) is 3.00. The van der Waals surface area contributed by atoms with Crippen molar-refractivity contribution in [2.75, 3.05) is 7.11 Å². The van der Waals surface area contributed by atoms with Gasteiger partial charge in [0.1, 0.15) is 11.8 Å². The molecule has 0 unspecified atom stereocenters. The Hall–Kier alpha value is -4.42. The van der Waals surface area contributed by atoms with E-state index >= 15 is 0 Å². The lowest BCUT2D eigenvalue weighted by atomic mass is 9.67. The first kappa shape index (κ1) is 20.5. The van der Waals surface area contributed by atoms with E-state index in [-0.39, 0.29) is 5.78 Å². The van der Waals surface area contributed by atoms with E-state index in [1.54, 1.807) is 49.8 Å². The lowest BCUT2D eigenvalue weighted by Crippen LogP contribution is -2.37. The van der Waals surface area contributed by atoms with Crippen molar-refractivity contribution < 1.29 is 9.53 Å². The predicted molar refractivity (Wildman–Crippen MR) is 122 cm³/mol. The molecule has 0 spiro atoms. The van der Waals surface area contributed by atoms with Gasteiger partial charge in [0.2, 0.25) is 0 Å². The molecule has 33 heavy (non-hydrogen) atoms. The monoisotopic (exact) mass is 432 g/mol. The summed E-state index contributed by atoms with van der Waals surface area (Å²) >= 11 is 0. The van der Waals surface area contributed by atoms with Gasteiger partial charge in [-0.05, 0) is 53.1 Å². The molecule has 1 fully saturated rings. The van der Waals surface area contributed by atoms with Gasteiger partial charge in [-0.1, -0.05) is 30.3 Å². The summed E-state index contributed by atoms with van der Waals surface area (Å²) in [7, 11) is 1.57. The number of ether oxygens (including phenoxy) is 1. The van der Waals surface area contributed by atoms with Gasteiger partial charge in [0.05, 0.1) is 25.3 Å². The molecule has 6 nitrogen and oxygen atoms in total. The van der Waals surface area contributed by atoms with Crippen LogP contribution in [0.4, 0.5) is 0 Å². The zero-order chi connectivity index (χ0) is 23.0. The average molecular weight is 432 g/mol. The molecule has 1 aromatic heterocycles. The Balaban J connectivity index is 1.74. The molecule has 0 radical (unpaired) electrons. The maximum Gasteiger partial charge on any atom is 0.185 e. The number of rotatable bonds is 4. The van der Waals surface area contributed by atoms with Crippen LogP contribution in [0, 0.1) is 28.1 Å². The van der Waals surface area contributed by atoms with Gasteiger partial charge in [-0.15, -0.1) is 0 Å². The molecule has 160 valence electrons. The zero-order valence-corrected chi connectivity index (χ0v) is 17.9. The van der Waals surface area contributed by atoms with E-state index in [4.69, 9.17) is 4.74 Å². The number of carbonyl (C=O) groups excluding carboxylic acids is 1. The normalized spacial score (nSPS) is 21.9. The maximum atomic E-state index is 14.0. The molecule has 3 heterocycles. The van der Waals surface area contributed by atoms with Gasteiger partial charge in [0.25, 0.3) is 0 Å². The van der Waals surface area contributed by atoms with E-state index in [1.165, 1.54) is 0 Å². The van der Waals surface area contributed by atoms with E-state index < -0.39 is 23.4 Å². The summed E-state index contributed by atoms with van der Waals surface area (Å²) in [5.41, 5.74) is 1.50. The van der Waals surface area contributed by atoms with Crippen molar-refractivity contribution in [1.29, 1.82) is 10.5 Å². The third-order valence-electron chi connectivity index (χ3n) is 6.63. The molecule has 0 saturated carbocycles. The molecule has 0 bridgehead atoms. The van der Waals surface area contributed by atoms with Crippen LogP contribution in [0.15, 0.2) is 79.3 Å². The second kappa shape index (κ2) is 7.93. The van der Waals surface area contributed by atoms with Gasteiger partial charge in [-0.25, -0.2) is 0 Å². The first-order valence-electron chi connectivity index (χ1n) is 10.6. The van der Waals surface area contributed by atoms with E-state index in [2.05, 4.69) is 17.1 Å². The number of Topliss-reactive ketones (excluding diaryl/α,β-unsaturated/α-hetero) is 1. The molecule has 3 aromatic rings. The third-order valence-corrected chi connectivity index (χ3v) is 6.63. The molecule has 1 saturated heterocycles. The standard InChI is InChI=1S/C27H20N4O2/c1-33-21-10-8-19(9-11-21)25(32)24-23(20-6-4-13-30-15-20)27(16-28,17-29)26-22-7-3-2-5-18(22)12-14-31(24)26/h2-15,23-24,26H,1H3/t23-,24+,26-/m1/s1. The fourth-order valence-corrected chi connectivity index (χ4v) is 5.15. The van der Waals surface area contributed by atoms with Gasteiger partial charge in [-0.2, -0.15) is 10.5 Å². The second-order valence-corrected chi connectivity index (χ2v) is 8.19. The summed E-state index contributed by atoms with van der Waals surface area (Å²) in [6, 6.07) is 21.6. The Morgan fingerprint density at radius 1 is 1.06 bits per heavy atom. The summed E-state index contributed by atoms with van der Waals surface area (Å²) in [4.78, 5) is 20.1. The molecular weight excluding hydrogens is 412 g/mol. The van der Waals surface area contributed by atoms with Crippen LogP contribution in [-0.2, 0) is 0 Å². The zero-order valence-electron chi connectivity index (χ0n) is 17.9. The summed E-state index contributed by atoms with van der Waals surface area (Å²) < 4.78 is 5.23. The Morgan fingerprint density at radius 3 is 2.48 bits per heavy atom. The number of aromatic nitrogens is 1. The summed E-state index contributed by atoms with van der Waals surface area (Å²) in [5, 5.41) is 21.0. The number of fused-ring (bicyclic) bond motifs is 3. The first-order chi connectivity index (χ1) is 16.1. The molecule has 0 N–H and O–H groups in total. The minimum atomic E-state index is -1.49. The van der Waals surface area contributed by atoms with Crippen molar-refractivity contribution in [2.45, 2.75) is 18.0 Å². The number of nitrogens with zero attached hydrogens (tertiary/aromatic N) is 4. The van der Waals surface area contributed by atoms with Gasteiger partial charge in [0, 0.05) is 30.1 Å². The number of pyridine rings is 1. The highest BCUT2D eigenvalue weighted by Crippen LogP contribution is 2.59. The Labute approximate surface area is 192 Å². The van der Waals surface area contributed by atoms with Crippen LogP contribution >= 0.6 is 0 Å². The summed E-state index contributed by atoms with van der Waals surface area (Å²) in [5.74, 6) is -0.209. The highest BCUT2D eigenvalue weighted by molar-refractivity contribution is 6.02. The smallest absolute Gasteiger partial charge is 0.185 e. The topological polar surface area (TPSA) is 90.0 Å². The molecular formula is C27H20N4O2. The van der Waals surface area contributed by atoms with Crippen LogP contribution in [0.1, 0.15) is 39.0 Å². The minimum absolute atomic E-state index is 0.159. The van der Waals surface area contributed by atoms with Gasteiger partial charge in [0.15, 0.2) is 11.2 Å². The molecule has 6 heteroatoms. The van der Waals surface area contributed by atoms with Crippen molar-refractivity contribution in [3.63, 3.8) is 0 Å². The van der Waals surface area contributed by atoms with Crippen LogP contribution in [0.5, 0.6) is 5.75 Å². The second-order valence-electron chi connectivity index (χ2n) is 8.19. The number of methoxy groups -OCH3 is 1. The molecule has 0 aliphatic carbocycles. The van der Waals surface area contributed by atoms with Crippen LogP contribution in [0.3, 0.4) is 0 Å². The number of hydrogen-bond acceptors (Lipinski definition) is 6. The van der Waals surface area contributed by atoms with Crippen molar-refractivity contribution in [2.24, 2.45) is 5.41 Å². The van der Waals surface area contributed by atoms with E-state index in [1.807, 2.05) is 47.5 Å². The fraction of sp³-hybridized carbons (Fsp3) is 0.185. The van der Waals surface area contributed by atoms with E-state index in [9.17, 15) is 15.3 Å². The minimum Gasteiger partial charge on any atom is -0.497 e. The summed E-state index contributed by atoms with van der Waals surface area (Å²) in [6.45, 7) is 0. The molecule has 2 aromatic carbocycles. The Bertz CT molecular complexity index is 1300. The number of carbonyl (C=O) groups is 1. The highest BCUT2D eigenvalue weighted by Gasteiger charge is 2.63. The molecule has 5 rings (SSSR count). The molecule has 3 atom stereocenters. The predicted octanol–water partition coefficient (Wildman–Crippen LogP) is 4.50. The largest absolute Gasteiger partial charge is 0.497 e. The fourth-order valence-electron chi connectivity index (χ4n) is 5.15. The van der Waals surface area contributed by atoms with E-state index in [0.717, 1.165) is 11.1 Å². The van der Waals surface area contributed by atoms with Gasteiger partial charge < -0.3 is 9.64 Å². The summed E-state index contributed by atoms with van der Waals surface area (Å²) in [6.07, 6.45) is 7.07. The number of ketones is 1. The SMILES string of the molecule is COc1ccc(C(=O)[C@@H]2[C@@H](c3cccnc3)C(C#N)(C#N)[C@H]3c4ccccc4C=CN23)cc1. The number of benzene rings is 2. The van der Waals surface area contributed by atoms with Crippen molar-refractivity contribution in [3.05, 3.63) is 102 Å². The lowest BCUT2D eigenvalue weighted by molar-refractivity contribution is 0.0874. The van der Waals surface area contributed by atoms with Crippen molar-refractivity contribution in [1.82, 2.24) is 9.88 Å². The van der Waals surface area contributed by atoms with Gasteiger partial charge >= 0.3 is 0 Å². The Kier molecular flexibility index (Phi) is 4.92. The number of nitriles is 2. The maximum absolute atomic E-state index is 14.0. The average Bonchev–Trinajstić information content (AvgIpc) is 3.20. The Morgan fingerprint density at radius 2 is 1.82 bits per heavy atom. The van der Waals surface area contributed by atoms with Crippen LogP contribution in [0.2, 0.25) is 0 Å². The van der Waals surface area contributed by atoms with E-state index in [0.29, 0.717) is 16.9 Å². The van der Waals surface area contributed by atoms with Gasteiger partial charge in [-0.3, -0.25) is 9.78 Å². The van der Waals surface area contributed by atoms with Crippen LogP contribution in [-0.4, -0.2) is 28.8 Å². The van der Waals surface area contributed by atoms with Crippen LogP contribution in [0.25, 0.3) is 6.08 Å². The molecule has 2 aliphatic heterocycles.